The summed E-state index contributed by atoms with van der Waals surface area (Å²) in [6, 6.07) is 19.4. The number of ether oxygens (including phenoxy) is 1. The Kier molecular flexibility index (Phi) is 8.65. The fourth-order valence-corrected chi connectivity index (χ4v) is 5.76. The van der Waals surface area contributed by atoms with E-state index in [-0.39, 0.29) is 30.4 Å². The molecule has 0 saturated heterocycles. The molecule has 0 fully saturated rings. The van der Waals surface area contributed by atoms with Crippen LogP contribution in [0.5, 0.6) is 5.88 Å². The number of methoxy groups -OCH3 is 1. The van der Waals surface area contributed by atoms with Crippen LogP contribution in [0.2, 0.25) is 0 Å². The van der Waals surface area contributed by atoms with Crippen LogP contribution in [0.3, 0.4) is 0 Å². The fourth-order valence-electron chi connectivity index (χ4n) is 5.38. The van der Waals surface area contributed by atoms with Crippen LogP contribution in [-0.2, 0) is 5.60 Å². The topological polar surface area (TPSA) is 80.5 Å². The van der Waals surface area contributed by atoms with Crippen LogP contribution in [0.25, 0.3) is 10.9 Å². The number of fused-ring (bicyclic) bond motifs is 1. The van der Waals surface area contributed by atoms with Gasteiger partial charge in [0.05, 0.1) is 12.6 Å². The van der Waals surface area contributed by atoms with Crippen LogP contribution in [0.15, 0.2) is 96.0 Å². The Bertz CT molecular complexity index is 1700. The minimum absolute atomic E-state index is 0.0546. The summed E-state index contributed by atoms with van der Waals surface area (Å²) in [5.41, 5.74) is -0.256. The van der Waals surface area contributed by atoms with Crippen LogP contribution in [-0.4, -0.2) is 50.8 Å². The lowest BCUT2D eigenvalue weighted by molar-refractivity contribution is 0.000433. The number of benzene rings is 3. The number of hydrogen-bond donors (Lipinski definition) is 1. The summed E-state index contributed by atoms with van der Waals surface area (Å²) in [6.45, 7) is 2.19. The standard InChI is InChI=1S/C32H29BrF2N4O3/c1-3-38(31(40)39-16-14-36-20-39)15-13-32(41,26-11-10-24(34)19-27(26)35)29(21-7-5-4-6-8-21)25-18-22-17-23(33)9-12-28(22)37-30(25)42-2/h4-12,14,16-20,29,41H,3,13,15H2,1-2H3/t29?,32-/m0/s1. The van der Waals surface area contributed by atoms with Crippen LogP contribution in [0, 0.1) is 11.6 Å². The number of imidazole rings is 1. The lowest BCUT2D eigenvalue weighted by Crippen LogP contribution is -2.42. The second-order valence-corrected chi connectivity index (χ2v) is 10.8. The lowest BCUT2D eigenvalue weighted by atomic mass is 9.71. The maximum atomic E-state index is 15.7. The van der Waals surface area contributed by atoms with Crippen molar-refractivity contribution in [2.45, 2.75) is 24.9 Å². The number of nitrogens with zero attached hydrogens (tertiary/aromatic N) is 4. The van der Waals surface area contributed by atoms with Crippen LogP contribution in [0.1, 0.15) is 36.0 Å². The van der Waals surface area contributed by atoms with Crippen LogP contribution < -0.4 is 4.74 Å². The van der Waals surface area contributed by atoms with Crippen molar-refractivity contribution in [2.75, 3.05) is 20.2 Å². The molecular weight excluding hydrogens is 606 g/mol. The Morgan fingerprint density at radius 1 is 1.12 bits per heavy atom. The van der Waals surface area contributed by atoms with Gasteiger partial charge in [0.25, 0.3) is 0 Å². The zero-order chi connectivity index (χ0) is 29.9. The summed E-state index contributed by atoms with van der Waals surface area (Å²) in [7, 11) is 1.48. The summed E-state index contributed by atoms with van der Waals surface area (Å²) in [6.07, 6.45) is 4.34. The van der Waals surface area contributed by atoms with E-state index in [2.05, 4.69) is 20.9 Å². The van der Waals surface area contributed by atoms with Crippen molar-refractivity contribution >= 4 is 32.9 Å². The normalized spacial score (nSPS) is 13.5. The molecule has 0 aliphatic heterocycles. The molecule has 7 nitrogen and oxygen atoms in total. The van der Waals surface area contributed by atoms with E-state index in [9.17, 15) is 14.3 Å². The molecule has 0 aliphatic rings. The van der Waals surface area contributed by atoms with Crippen molar-refractivity contribution < 1.29 is 23.4 Å². The highest BCUT2D eigenvalue weighted by atomic mass is 79.9. The Hall–Kier alpha value is -4.15. The molecule has 3 aromatic carbocycles. The monoisotopic (exact) mass is 634 g/mol. The second kappa shape index (κ2) is 12.4. The number of aromatic nitrogens is 3. The van der Waals surface area contributed by atoms with Crippen molar-refractivity contribution in [1.82, 2.24) is 19.4 Å². The fraction of sp³-hybridized carbons (Fsp3) is 0.219. The summed E-state index contributed by atoms with van der Waals surface area (Å²) < 4.78 is 37.7. The van der Waals surface area contributed by atoms with Crippen molar-refractivity contribution in [1.29, 1.82) is 0 Å². The van der Waals surface area contributed by atoms with E-state index in [1.54, 1.807) is 0 Å². The molecule has 2 atom stereocenters. The van der Waals surface area contributed by atoms with Crippen molar-refractivity contribution in [3.05, 3.63) is 124 Å². The van der Waals surface area contributed by atoms with Crippen molar-refractivity contribution in [2.24, 2.45) is 0 Å². The molecule has 42 heavy (non-hydrogen) atoms. The third-order valence-corrected chi connectivity index (χ3v) is 7.92. The number of carbonyl (C=O) groups excluding carboxylic acids is 1. The number of rotatable bonds is 9. The van der Waals surface area contributed by atoms with Crippen LogP contribution in [0.4, 0.5) is 13.6 Å². The molecule has 216 valence electrons. The number of carbonyl (C=O) groups is 1. The first-order chi connectivity index (χ1) is 20.2. The molecule has 1 unspecified atom stereocenters. The largest absolute Gasteiger partial charge is 0.481 e. The van der Waals surface area contributed by atoms with Gasteiger partial charge in [0.2, 0.25) is 5.88 Å². The SMILES string of the molecule is CCN(CC[C@](O)(c1ccc(F)cc1F)C(c1ccccc1)c1cc2cc(Br)ccc2nc1OC)C(=O)n1ccnc1. The molecule has 0 saturated carbocycles. The predicted molar refractivity (Wildman–Crippen MR) is 159 cm³/mol. The van der Waals surface area contributed by atoms with Gasteiger partial charge < -0.3 is 14.7 Å². The van der Waals surface area contributed by atoms with E-state index in [0.29, 0.717) is 23.2 Å². The molecule has 5 rings (SSSR count). The number of amides is 1. The number of aliphatic hydroxyl groups is 1. The van der Waals surface area contributed by atoms with E-state index in [1.807, 2.05) is 61.5 Å². The van der Waals surface area contributed by atoms with Gasteiger partial charge >= 0.3 is 6.03 Å². The molecule has 2 aromatic heterocycles. The Labute approximate surface area is 250 Å². The molecule has 1 amide bonds. The van der Waals surface area contributed by atoms with E-state index in [0.717, 1.165) is 22.0 Å². The highest BCUT2D eigenvalue weighted by Gasteiger charge is 2.44. The van der Waals surface area contributed by atoms with E-state index in [4.69, 9.17) is 9.72 Å². The lowest BCUT2D eigenvalue weighted by Gasteiger charge is -2.39. The maximum absolute atomic E-state index is 15.7. The Balaban J connectivity index is 1.72. The molecule has 5 aromatic rings. The van der Waals surface area contributed by atoms with Crippen LogP contribution >= 0.6 is 15.9 Å². The summed E-state index contributed by atoms with van der Waals surface area (Å²) in [5, 5.41) is 13.6. The van der Waals surface area contributed by atoms with E-state index in [1.165, 1.54) is 41.4 Å². The predicted octanol–water partition coefficient (Wildman–Crippen LogP) is 6.88. The summed E-state index contributed by atoms with van der Waals surface area (Å²) >= 11 is 3.51. The highest BCUT2D eigenvalue weighted by molar-refractivity contribution is 9.10. The first-order valence-corrected chi connectivity index (χ1v) is 14.2. The van der Waals surface area contributed by atoms with Gasteiger partial charge in [-0.15, -0.1) is 0 Å². The van der Waals surface area contributed by atoms with Gasteiger partial charge in [-0.25, -0.2) is 23.5 Å². The molecule has 10 heteroatoms. The van der Waals surface area contributed by atoms with Gasteiger partial charge in [0.1, 0.15) is 23.6 Å². The molecule has 0 bridgehead atoms. The zero-order valence-corrected chi connectivity index (χ0v) is 24.6. The minimum Gasteiger partial charge on any atom is -0.481 e. The Morgan fingerprint density at radius 3 is 2.57 bits per heavy atom. The smallest absolute Gasteiger partial charge is 0.329 e. The molecular formula is C32H29BrF2N4O3. The number of halogens is 3. The summed E-state index contributed by atoms with van der Waals surface area (Å²) in [5.74, 6) is -2.35. The molecule has 0 radical (unpaired) electrons. The first-order valence-electron chi connectivity index (χ1n) is 13.4. The molecule has 0 aliphatic carbocycles. The summed E-state index contributed by atoms with van der Waals surface area (Å²) in [4.78, 5) is 23.4. The highest BCUT2D eigenvalue weighted by Crippen LogP contribution is 2.48. The maximum Gasteiger partial charge on any atom is 0.329 e. The third-order valence-electron chi connectivity index (χ3n) is 7.42. The number of hydrogen-bond acceptors (Lipinski definition) is 5. The molecule has 0 spiro atoms. The molecule has 1 N–H and O–H groups in total. The van der Waals surface area contributed by atoms with E-state index < -0.39 is 23.2 Å². The number of pyridine rings is 1. The quantitative estimate of drug-likeness (QED) is 0.191. The van der Waals surface area contributed by atoms with Crippen molar-refractivity contribution in [3.8, 4) is 5.88 Å². The van der Waals surface area contributed by atoms with Gasteiger partial charge in [-0.1, -0.05) is 52.3 Å². The van der Waals surface area contributed by atoms with Gasteiger partial charge in [0.15, 0.2) is 0 Å². The molecule has 2 heterocycles. The van der Waals surface area contributed by atoms with Gasteiger partial charge in [-0.2, -0.15) is 0 Å². The van der Waals surface area contributed by atoms with Gasteiger partial charge in [-0.3, -0.25) is 4.57 Å². The van der Waals surface area contributed by atoms with Crippen molar-refractivity contribution in [3.63, 3.8) is 0 Å². The average molecular weight is 636 g/mol. The van der Waals surface area contributed by atoms with Gasteiger partial charge in [0, 0.05) is 58.5 Å². The third kappa shape index (κ3) is 5.77. The minimum atomic E-state index is -1.98. The second-order valence-electron chi connectivity index (χ2n) is 9.90. The average Bonchev–Trinajstić information content (AvgIpc) is 3.53. The Morgan fingerprint density at radius 2 is 1.90 bits per heavy atom. The van der Waals surface area contributed by atoms with E-state index >= 15 is 4.39 Å². The first kappa shape index (κ1) is 29.3. The zero-order valence-electron chi connectivity index (χ0n) is 23.0. The van der Waals surface area contributed by atoms with Gasteiger partial charge in [-0.05, 0) is 49.2 Å².